The summed E-state index contributed by atoms with van der Waals surface area (Å²) in [4.78, 5) is 15.7. The number of aryl methyl sites for hydroxylation is 2. The summed E-state index contributed by atoms with van der Waals surface area (Å²) in [5.74, 6) is -0.623. The van der Waals surface area contributed by atoms with Crippen LogP contribution in [0.3, 0.4) is 0 Å². The van der Waals surface area contributed by atoms with Crippen LogP contribution in [0.1, 0.15) is 45.5 Å². The number of carbonyl (C=O) groups excluding carboxylic acids is 1. The van der Waals surface area contributed by atoms with Gasteiger partial charge in [-0.3, -0.25) is 4.79 Å². The Balaban J connectivity index is 1.52. The van der Waals surface area contributed by atoms with Crippen LogP contribution >= 0.6 is 0 Å². The standard InChI is InChI=1S/C21H21N5O3S/c22-19(27)16-7-1-2-10-17(16)30(28,29)21-24-20(25-26-21)23-18-14-8-3-5-12(14)11-13-6-4-9-15(13)18/h1-2,7,10-11H,3-6,8-9H2,(H2,22,27)(H2,23,24,25,26). The number of aromatic amines is 1. The third kappa shape index (κ3) is 2.97. The van der Waals surface area contributed by atoms with E-state index in [-0.39, 0.29) is 21.6 Å². The number of hydrogen-bond acceptors (Lipinski definition) is 6. The number of H-pyrrole nitrogens is 1. The van der Waals surface area contributed by atoms with Crippen molar-refractivity contribution in [2.75, 3.05) is 5.32 Å². The maximum atomic E-state index is 13.0. The van der Waals surface area contributed by atoms with E-state index in [2.05, 4.69) is 26.6 Å². The average molecular weight is 423 g/mol. The van der Waals surface area contributed by atoms with Crippen LogP contribution in [0.15, 0.2) is 40.4 Å². The van der Waals surface area contributed by atoms with E-state index in [9.17, 15) is 13.2 Å². The fourth-order valence-corrected chi connectivity index (χ4v) is 5.81. The number of rotatable bonds is 5. The van der Waals surface area contributed by atoms with E-state index in [1.807, 2.05) is 0 Å². The van der Waals surface area contributed by atoms with Gasteiger partial charge in [-0.15, -0.1) is 5.10 Å². The Morgan fingerprint density at radius 1 is 1.03 bits per heavy atom. The van der Waals surface area contributed by atoms with Crippen LogP contribution in [-0.2, 0) is 35.5 Å². The van der Waals surface area contributed by atoms with Crippen LogP contribution in [0.2, 0.25) is 0 Å². The number of carbonyl (C=O) groups is 1. The molecule has 0 atom stereocenters. The molecule has 0 aliphatic heterocycles. The van der Waals surface area contributed by atoms with Gasteiger partial charge in [0.15, 0.2) is 0 Å². The normalized spacial score (nSPS) is 15.1. The third-order valence-corrected chi connectivity index (χ3v) is 7.50. The average Bonchev–Trinajstić information content (AvgIpc) is 3.48. The summed E-state index contributed by atoms with van der Waals surface area (Å²) in [5, 5.41) is 9.53. The van der Waals surface area contributed by atoms with Crippen LogP contribution in [0.4, 0.5) is 11.6 Å². The number of amides is 1. The Kier molecular flexibility index (Phi) is 4.35. The smallest absolute Gasteiger partial charge is 0.250 e. The molecule has 5 rings (SSSR count). The van der Waals surface area contributed by atoms with Gasteiger partial charge in [0.05, 0.1) is 10.5 Å². The van der Waals surface area contributed by atoms with Crippen molar-refractivity contribution >= 4 is 27.4 Å². The van der Waals surface area contributed by atoms with Crippen molar-refractivity contribution in [2.45, 2.75) is 48.6 Å². The zero-order valence-corrected chi connectivity index (χ0v) is 17.1. The number of benzene rings is 2. The molecule has 1 amide bonds. The second-order valence-corrected chi connectivity index (χ2v) is 9.52. The van der Waals surface area contributed by atoms with E-state index in [0.717, 1.165) is 44.2 Å². The fourth-order valence-electron chi connectivity index (χ4n) is 4.51. The van der Waals surface area contributed by atoms with E-state index in [1.165, 1.54) is 40.5 Å². The van der Waals surface area contributed by atoms with Gasteiger partial charge in [-0.1, -0.05) is 18.2 Å². The molecule has 1 aromatic heterocycles. The first-order chi connectivity index (χ1) is 14.4. The second-order valence-electron chi connectivity index (χ2n) is 7.69. The number of primary amides is 1. The predicted molar refractivity (Wildman–Crippen MR) is 111 cm³/mol. The van der Waals surface area contributed by atoms with Crippen molar-refractivity contribution < 1.29 is 13.2 Å². The zero-order valence-electron chi connectivity index (χ0n) is 16.2. The summed E-state index contributed by atoms with van der Waals surface area (Å²) < 4.78 is 26.1. The van der Waals surface area contributed by atoms with Crippen molar-refractivity contribution in [3.63, 3.8) is 0 Å². The van der Waals surface area contributed by atoms with Crippen molar-refractivity contribution in [2.24, 2.45) is 5.73 Å². The minimum Gasteiger partial charge on any atom is -0.366 e. The topological polar surface area (TPSA) is 131 Å². The summed E-state index contributed by atoms with van der Waals surface area (Å²) >= 11 is 0. The summed E-state index contributed by atoms with van der Waals surface area (Å²) in [6.45, 7) is 0. The van der Waals surface area contributed by atoms with E-state index >= 15 is 0 Å². The number of nitrogens with zero attached hydrogens (tertiary/aromatic N) is 2. The van der Waals surface area contributed by atoms with E-state index in [1.54, 1.807) is 6.07 Å². The van der Waals surface area contributed by atoms with Crippen molar-refractivity contribution in [1.82, 2.24) is 15.2 Å². The zero-order chi connectivity index (χ0) is 20.9. The Labute approximate surface area is 173 Å². The predicted octanol–water partition coefficient (Wildman–Crippen LogP) is 2.46. The first-order valence-electron chi connectivity index (χ1n) is 9.95. The summed E-state index contributed by atoms with van der Waals surface area (Å²) in [6.07, 6.45) is 6.34. The number of nitrogens with two attached hydrogens (primary N) is 1. The summed E-state index contributed by atoms with van der Waals surface area (Å²) in [5.41, 5.74) is 11.6. The highest BCUT2D eigenvalue weighted by Gasteiger charge is 2.28. The lowest BCUT2D eigenvalue weighted by Crippen LogP contribution is -2.17. The number of hydrogen-bond donors (Lipinski definition) is 3. The minimum atomic E-state index is -4.08. The molecule has 0 fully saturated rings. The van der Waals surface area contributed by atoms with Gasteiger partial charge in [0.2, 0.25) is 26.8 Å². The molecule has 1 heterocycles. The van der Waals surface area contributed by atoms with Gasteiger partial charge in [0.25, 0.3) is 0 Å². The van der Waals surface area contributed by atoms with Gasteiger partial charge in [0.1, 0.15) is 0 Å². The van der Waals surface area contributed by atoms with Gasteiger partial charge in [-0.2, -0.15) is 4.98 Å². The van der Waals surface area contributed by atoms with Crippen molar-refractivity contribution in [3.8, 4) is 0 Å². The van der Waals surface area contributed by atoms with Gasteiger partial charge in [0, 0.05) is 5.69 Å². The molecule has 9 heteroatoms. The summed E-state index contributed by atoms with van der Waals surface area (Å²) in [7, 11) is -4.08. The molecule has 2 aromatic carbocycles. The van der Waals surface area contributed by atoms with Gasteiger partial charge < -0.3 is 11.1 Å². The SMILES string of the molecule is NC(=O)c1ccccc1S(=O)(=O)c1nc(Nc2c3c(cc4c2CCC4)CCC3)n[nH]1. The van der Waals surface area contributed by atoms with Crippen LogP contribution in [0, 0.1) is 0 Å². The Morgan fingerprint density at radius 2 is 1.70 bits per heavy atom. The maximum absolute atomic E-state index is 13.0. The number of aromatic nitrogens is 3. The highest BCUT2D eigenvalue weighted by Crippen LogP contribution is 2.39. The Bertz CT molecular complexity index is 1250. The van der Waals surface area contributed by atoms with E-state index in [4.69, 9.17) is 5.73 Å². The largest absolute Gasteiger partial charge is 0.366 e. The minimum absolute atomic E-state index is 0.0814. The second kappa shape index (κ2) is 6.94. The lowest BCUT2D eigenvalue weighted by atomic mass is 9.99. The first-order valence-corrected chi connectivity index (χ1v) is 11.4. The van der Waals surface area contributed by atoms with Crippen LogP contribution in [0.5, 0.6) is 0 Å². The summed E-state index contributed by atoms with van der Waals surface area (Å²) in [6, 6.07) is 8.13. The molecule has 2 aliphatic carbocycles. The molecule has 8 nitrogen and oxygen atoms in total. The highest BCUT2D eigenvalue weighted by atomic mass is 32.2. The quantitative estimate of drug-likeness (QED) is 0.578. The highest BCUT2D eigenvalue weighted by molar-refractivity contribution is 7.91. The molecule has 30 heavy (non-hydrogen) atoms. The third-order valence-electron chi connectivity index (χ3n) is 5.87. The lowest BCUT2D eigenvalue weighted by Gasteiger charge is -2.15. The van der Waals surface area contributed by atoms with Gasteiger partial charge in [-0.05, 0) is 72.9 Å². The molecule has 0 bridgehead atoms. The molecular weight excluding hydrogens is 402 g/mol. The lowest BCUT2D eigenvalue weighted by molar-refractivity contribution is 0.0997. The molecular formula is C21H21N5O3S. The van der Waals surface area contributed by atoms with E-state index in [0.29, 0.717) is 0 Å². The molecule has 0 unspecified atom stereocenters. The van der Waals surface area contributed by atoms with Crippen molar-refractivity contribution in [1.29, 1.82) is 0 Å². The number of sulfone groups is 1. The van der Waals surface area contributed by atoms with Crippen LogP contribution in [-0.4, -0.2) is 29.5 Å². The number of fused-ring (bicyclic) bond motifs is 2. The van der Waals surface area contributed by atoms with E-state index < -0.39 is 15.7 Å². The van der Waals surface area contributed by atoms with Gasteiger partial charge in [-0.25, -0.2) is 13.5 Å². The monoisotopic (exact) mass is 423 g/mol. The molecule has 0 spiro atoms. The fraction of sp³-hybridized carbons (Fsp3) is 0.286. The molecule has 2 aliphatic rings. The van der Waals surface area contributed by atoms with Gasteiger partial charge >= 0.3 is 0 Å². The Hall–Kier alpha value is -3.20. The maximum Gasteiger partial charge on any atom is 0.250 e. The van der Waals surface area contributed by atoms with Crippen LogP contribution < -0.4 is 11.1 Å². The van der Waals surface area contributed by atoms with Crippen molar-refractivity contribution in [3.05, 3.63) is 58.1 Å². The van der Waals surface area contributed by atoms with Crippen LogP contribution in [0.25, 0.3) is 0 Å². The number of anilines is 2. The molecule has 0 saturated carbocycles. The molecule has 4 N–H and O–H groups in total. The molecule has 3 aromatic rings. The molecule has 0 radical (unpaired) electrons. The Morgan fingerprint density at radius 3 is 2.37 bits per heavy atom. The molecule has 154 valence electrons. The number of nitrogens with one attached hydrogen (secondary N) is 2. The first kappa shape index (κ1) is 18.8. The molecule has 0 saturated heterocycles.